The molecule has 11 heavy (non-hydrogen) atoms. The molecule has 0 saturated carbocycles. The van der Waals surface area contributed by atoms with Crippen molar-refractivity contribution in [1.82, 2.24) is 4.81 Å². The van der Waals surface area contributed by atoms with Gasteiger partial charge in [-0.1, -0.05) is 12.1 Å². The van der Waals surface area contributed by atoms with Crippen LogP contribution in [0.25, 0.3) is 0 Å². The topological polar surface area (TPSA) is 3.24 Å². The molecule has 1 heterocycles. The second-order valence-corrected chi connectivity index (χ2v) is 4.12. The molecule has 1 aliphatic rings. The zero-order valence-corrected chi connectivity index (χ0v) is 7.97. The highest BCUT2D eigenvalue weighted by molar-refractivity contribution is 7.08. The van der Waals surface area contributed by atoms with Gasteiger partial charge in [0, 0.05) is 5.54 Å². The van der Waals surface area contributed by atoms with Crippen LogP contribution in [0, 0.1) is 0 Å². The van der Waals surface area contributed by atoms with E-state index in [2.05, 4.69) is 25.6 Å². The van der Waals surface area contributed by atoms with Crippen molar-refractivity contribution in [3.8, 4) is 0 Å². The van der Waals surface area contributed by atoms with Gasteiger partial charge < -0.3 is 4.81 Å². The van der Waals surface area contributed by atoms with Crippen molar-refractivity contribution in [1.29, 1.82) is 0 Å². The van der Waals surface area contributed by atoms with E-state index in [1.54, 1.807) is 0 Å². The molecule has 60 valence electrons. The minimum Gasteiger partial charge on any atom is -0.399 e. The minimum atomic E-state index is -0.000000000000000222. The first kappa shape index (κ1) is 8.73. The lowest BCUT2D eigenvalue weighted by Gasteiger charge is -2.37. The first-order valence-corrected chi connectivity index (χ1v) is 4.23. The summed E-state index contributed by atoms with van der Waals surface area (Å²) in [4.78, 5) is 2.12. The molecule has 0 atom stereocenters. The van der Waals surface area contributed by atoms with Crippen LogP contribution in [0.4, 0.5) is 0 Å². The second-order valence-electron chi connectivity index (χ2n) is 3.68. The van der Waals surface area contributed by atoms with Gasteiger partial charge in [0.25, 0.3) is 0 Å². The summed E-state index contributed by atoms with van der Waals surface area (Å²) in [5, 5.41) is 0. The van der Waals surface area contributed by atoms with E-state index in [0.29, 0.717) is 0 Å². The predicted octanol–water partition coefficient (Wildman–Crippen LogP) is 2.44. The number of halogens is 1. The Balaban J connectivity index is 2.74. The molecule has 0 amide bonds. The standard InChI is InChI=1S/C8H13BClN/c1-8(2,3)11-7-5-4-6-9(11)10/h4-7H,1-3H3. The Hall–Kier alpha value is -0.365. The highest BCUT2D eigenvalue weighted by Crippen LogP contribution is 2.20. The molecule has 3 heteroatoms. The van der Waals surface area contributed by atoms with E-state index in [4.69, 9.17) is 11.5 Å². The molecule has 0 radical (unpaired) electrons. The van der Waals surface area contributed by atoms with E-state index in [1.165, 1.54) is 0 Å². The normalized spacial score (nSPS) is 17.8. The molecule has 0 aromatic heterocycles. The number of hydrogen-bond donors (Lipinski definition) is 0. The van der Waals surface area contributed by atoms with Crippen LogP contribution in [0.5, 0.6) is 0 Å². The van der Waals surface area contributed by atoms with E-state index >= 15 is 0 Å². The predicted molar refractivity (Wildman–Crippen MR) is 51.5 cm³/mol. The Labute approximate surface area is 73.7 Å². The summed E-state index contributed by atoms with van der Waals surface area (Å²) in [5.74, 6) is 1.98. The van der Waals surface area contributed by atoms with Crippen molar-refractivity contribution < 1.29 is 0 Å². The van der Waals surface area contributed by atoms with Crippen LogP contribution in [0.2, 0.25) is 0 Å². The fourth-order valence-corrected chi connectivity index (χ4v) is 1.51. The maximum Gasteiger partial charge on any atom is 0.387 e. The summed E-state index contributed by atoms with van der Waals surface area (Å²) in [6.07, 6.45) is 6.00. The summed E-state index contributed by atoms with van der Waals surface area (Å²) < 4.78 is 0. The first-order valence-electron chi connectivity index (χ1n) is 3.79. The minimum absolute atomic E-state index is 0.000000000000000222. The maximum absolute atomic E-state index is 6.06. The maximum atomic E-state index is 6.06. The smallest absolute Gasteiger partial charge is 0.387 e. The zero-order valence-electron chi connectivity index (χ0n) is 7.21. The van der Waals surface area contributed by atoms with Gasteiger partial charge >= 0.3 is 6.26 Å². The van der Waals surface area contributed by atoms with E-state index in [9.17, 15) is 0 Å². The van der Waals surface area contributed by atoms with Gasteiger partial charge in [-0.15, -0.1) is 0 Å². The van der Waals surface area contributed by atoms with Crippen LogP contribution in [0.15, 0.2) is 24.3 Å². The van der Waals surface area contributed by atoms with Gasteiger partial charge in [0.1, 0.15) is 0 Å². The van der Waals surface area contributed by atoms with Crippen molar-refractivity contribution in [2.45, 2.75) is 26.3 Å². The van der Waals surface area contributed by atoms with Crippen molar-refractivity contribution in [3.05, 3.63) is 24.3 Å². The Morgan fingerprint density at radius 3 is 2.27 bits per heavy atom. The van der Waals surface area contributed by atoms with Crippen molar-refractivity contribution in [2.24, 2.45) is 0 Å². The van der Waals surface area contributed by atoms with Crippen LogP contribution in [-0.4, -0.2) is 16.6 Å². The molecule has 1 rings (SSSR count). The Morgan fingerprint density at radius 2 is 1.91 bits per heavy atom. The van der Waals surface area contributed by atoms with Crippen molar-refractivity contribution in [3.63, 3.8) is 0 Å². The number of nitrogens with zero attached hydrogens (tertiary/aromatic N) is 1. The van der Waals surface area contributed by atoms with Gasteiger partial charge in [0.2, 0.25) is 0 Å². The van der Waals surface area contributed by atoms with Gasteiger partial charge in [0.15, 0.2) is 0 Å². The lowest BCUT2D eigenvalue weighted by Crippen LogP contribution is -2.44. The molecule has 1 aliphatic heterocycles. The SMILES string of the molecule is CC(C)(C)N1C=CC=CB1Cl. The molecule has 0 fully saturated rings. The third-order valence-corrected chi connectivity index (χ3v) is 2.02. The van der Waals surface area contributed by atoms with Crippen LogP contribution < -0.4 is 0 Å². The molecule has 1 nitrogen and oxygen atoms in total. The summed E-state index contributed by atoms with van der Waals surface area (Å²) in [6.45, 7) is 6.43. The van der Waals surface area contributed by atoms with Crippen LogP contribution in [-0.2, 0) is 0 Å². The van der Waals surface area contributed by atoms with Gasteiger partial charge in [0.05, 0.1) is 0 Å². The quantitative estimate of drug-likeness (QED) is 0.504. The number of allylic oxidation sites excluding steroid dienone is 2. The molecule has 0 bridgehead atoms. The van der Waals surface area contributed by atoms with Crippen LogP contribution in [0.3, 0.4) is 0 Å². The second kappa shape index (κ2) is 2.94. The lowest BCUT2D eigenvalue weighted by molar-refractivity contribution is 0.328. The molecule has 0 saturated heterocycles. The average molecular weight is 169 g/mol. The molecule has 0 aliphatic carbocycles. The zero-order chi connectivity index (χ0) is 8.48. The molecule has 0 aromatic rings. The first-order chi connectivity index (χ1) is 5.02. The molecular weight excluding hydrogens is 156 g/mol. The van der Waals surface area contributed by atoms with Crippen LogP contribution >= 0.6 is 11.5 Å². The fraction of sp³-hybridized carbons (Fsp3) is 0.500. The highest BCUT2D eigenvalue weighted by Gasteiger charge is 2.26. The Kier molecular flexibility index (Phi) is 2.33. The highest BCUT2D eigenvalue weighted by atomic mass is 35.5. The Morgan fingerprint density at radius 1 is 1.27 bits per heavy atom. The number of rotatable bonds is 0. The van der Waals surface area contributed by atoms with E-state index in [0.717, 1.165) is 0 Å². The number of hydrogen-bond acceptors (Lipinski definition) is 1. The summed E-state index contributed by atoms with van der Waals surface area (Å²) >= 11 is 6.06. The molecule has 0 unspecified atom stereocenters. The molecule has 0 aromatic carbocycles. The molecule has 0 N–H and O–H groups in total. The molecular formula is C8H13BClN. The lowest BCUT2D eigenvalue weighted by atomic mass is 9.81. The van der Waals surface area contributed by atoms with Crippen molar-refractivity contribution in [2.75, 3.05) is 0 Å². The largest absolute Gasteiger partial charge is 0.399 e. The summed E-state index contributed by atoms with van der Waals surface area (Å²) in [5.41, 5.74) is 0.105. The van der Waals surface area contributed by atoms with Gasteiger partial charge in [-0.3, -0.25) is 0 Å². The van der Waals surface area contributed by atoms with Gasteiger partial charge in [-0.2, -0.15) is 11.5 Å². The third-order valence-electron chi connectivity index (χ3n) is 1.67. The molecule has 0 spiro atoms. The van der Waals surface area contributed by atoms with E-state index in [1.807, 2.05) is 24.3 Å². The Bertz CT molecular complexity index is 193. The van der Waals surface area contributed by atoms with E-state index in [-0.39, 0.29) is 11.8 Å². The third kappa shape index (κ3) is 2.03. The van der Waals surface area contributed by atoms with Crippen molar-refractivity contribution >= 4 is 17.7 Å². The van der Waals surface area contributed by atoms with Crippen LogP contribution in [0.1, 0.15) is 20.8 Å². The summed E-state index contributed by atoms with van der Waals surface area (Å²) in [6, 6.07) is 0. The fourth-order valence-electron chi connectivity index (χ4n) is 1.07. The monoisotopic (exact) mass is 169 g/mol. The van der Waals surface area contributed by atoms with Gasteiger partial charge in [-0.05, 0) is 33.0 Å². The van der Waals surface area contributed by atoms with Gasteiger partial charge in [-0.25, -0.2) is 0 Å². The summed E-state index contributed by atoms with van der Waals surface area (Å²) in [7, 11) is 0. The van der Waals surface area contributed by atoms with E-state index < -0.39 is 0 Å². The average Bonchev–Trinajstić information content (AvgIpc) is 1.86.